The average molecular weight is 514 g/mol. The van der Waals surface area contributed by atoms with Crippen LogP contribution in [0.5, 0.6) is 0 Å². The number of hydrogen-bond acceptors (Lipinski definition) is 1. The van der Waals surface area contributed by atoms with E-state index in [0.29, 0.717) is 6.54 Å². The van der Waals surface area contributed by atoms with Gasteiger partial charge in [-0.2, -0.15) is 0 Å². The van der Waals surface area contributed by atoms with Crippen molar-refractivity contribution in [2.45, 2.75) is 63.3 Å². The van der Waals surface area contributed by atoms with Crippen molar-refractivity contribution in [2.24, 2.45) is 0 Å². The topological polar surface area (TPSA) is 41.1 Å². The van der Waals surface area contributed by atoms with E-state index < -0.39 is 0 Å². The second-order valence-electron chi connectivity index (χ2n) is 1.11. The number of amides is 2. The van der Waals surface area contributed by atoms with Crippen molar-refractivity contribution in [3.63, 3.8) is 0 Å². The predicted octanol–water partition coefficient (Wildman–Crippen LogP) is 4.73. The van der Waals surface area contributed by atoms with Gasteiger partial charge in [0.2, 0.25) is 0 Å². The Kier molecular flexibility index (Phi) is 298. The molecule has 0 spiro atoms. The Balaban J connectivity index is -0.0000000105. The molecule has 117 valence electrons. The van der Waals surface area contributed by atoms with Gasteiger partial charge in [0.1, 0.15) is 0 Å². The molecule has 18 heavy (non-hydrogen) atoms. The monoisotopic (exact) mass is 514 g/mol. The smallest absolute Gasteiger partial charge is 0.314 e. The number of nitrogens with one attached hydrogen (secondary N) is 2. The third-order valence-corrected chi connectivity index (χ3v) is 0.564. The molecular weight excluding hydrogens is 473 g/mol. The van der Waals surface area contributed by atoms with Crippen LogP contribution in [0.4, 0.5) is 4.79 Å². The number of carbonyl (C=O) groups excluding carboxylic acids is 1. The van der Waals surface area contributed by atoms with E-state index in [0.717, 1.165) is 0 Å². The molecule has 0 saturated carbocycles. The van der Waals surface area contributed by atoms with Crippen molar-refractivity contribution in [1.29, 1.82) is 0 Å². The summed E-state index contributed by atoms with van der Waals surface area (Å²) in [5.41, 5.74) is 0. The van der Waals surface area contributed by atoms with Crippen LogP contribution in [0.3, 0.4) is 0 Å². The zero-order valence-electron chi connectivity index (χ0n) is 14.6. The van der Waals surface area contributed by atoms with E-state index in [1.807, 2.05) is 48.5 Å². The largest absolute Gasteiger partial charge is 0.358 e. The maximum atomic E-state index is 10.2. The molecule has 0 aromatic heterocycles. The van der Waals surface area contributed by atoms with Gasteiger partial charge in [-0.25, -0.2) is 4.79 Å². The van der Waals surface area contributed by atoms with Crippen molar-refractivity contribution < 1.29 is 59.9 Å². The Morgan fingerprint density at radius 1 is 1.06 bits per heavy atom. The first-order chi connectivity index (χ1) is 7.31. The van der Waals surface area contributed by atoms with Gasteiger partial charge >= 0.3 is 6.03 Å². The van der Waals surface area contributed by atoms with Crippen LogP contribution in [0, 0.1) is 7.43 Å². The van der Waals surface area contributed by atoms with E-state index in [9.17, 15) is 4.79 Å². The zero-order chi connectivity index (χ0) is 13.7. The summed E-state index contributed by atoms with van der Waals surface area (Å²) in [6.07, 6.45) is 0. The normalized spacial score (nSPS) is 4.39. The Hall–Kier alpha value is 1.06. The summed E-state index contributed by atoms with van der Waals surface area (Å²) in [5.74, 6) is 0. The van der Waals surface area contributed by atoms with Crippen LogP contribution >= 0.6 is 0 Å². The van der Waals surface area contributed by atoms with Gasteiger partial charge in [0.25, 0.3) is 0 Å². The SMILES string of the molecule is C.CC.CC.CC.CCNC(=O)NC.[3H]C.[CH3-].[W].[Y]. The van der Waals surface area contributed by atoms with Crippen molar-refractivity contribution in [1.82, 2.24) is 10.6 Å². The van der Waals surface area contributed by atoms with E-state index in [1.165, 1.54) is 7.40 Å². The first kappa shape index (κ1) is 50.8. The standard InChI is InChI=1S/C4H10N2O.3C2H6.2CH4.CH3.W.Y/c1-3-6-4(7)5-2;3*1-2;;;;;/h3H2,1-2H3,(H2,5,6,7);3*1-2H3;2*1H4;1H3;;/q;;;;;;-1;;/i;;;;1T;;;;. The molecule has 0 aromatic rings. The summed E-state index contributed by atoms with van der Waals surface area (Å²) in [7, 11) is 2.84. The van der Waals surface area contributed by atoms with Gasteiger partial charge in [-0.3, -0.25) is 0 Å². The molecule has 0 heterocycles. The fourth-order valence-electron chi connectivity index (χ4n) is 0.249. The van der Waals surface area contributed by atoms with Crippen LogP contribution in [-0.4, -0.2) is 19.6 Å². The molecule has 0 saturated heterocycles. The van der Waals surface area contributed by atoms with E-state index in [4.69, 9.17) is 1.37 Å². The molecule has 0 aliphatic heterocycles. The van der Waals surface area contributed by atoms with E-state index in [1.54, 1.807) is 7.05 Å². The van der Waals surface area contributed by atoms with E-state index in [-0.39, 0.29) is 74.7 Å². The summed E-state index contributed by atoms with van der Waals surface area (Å²) < 4.78 is 5.75. The van der Waals surface area contributed by atoms with Crippen LogP contribution < -0.4 is 10.6 Å². The maximum absolute atomic E-state index is 10.2. The summed E-state index contributed by atoms with van der Waals surface area (Å²) in [5, 5.41) is 4.96. The van der Waals surface area contributed by atoms with Crippen molar-refractivity contribution in [3.05, 3.63) is 7.43 Å². The van der Waals surface area contributed by atoms with Gasteiger partial charge in [0.15, 0.2) is 0 Å². The Morgan fingerprint density at radius 3 is 1.33 bits per heavy atom. The first-order valence-corrected chi connectivity index (χ1v) is 5.26. The number of urea groups is 1. The van der Waals surface area contributed by atoms with Gasteiger partial charge in [-0.05, 0) is 6.92 Å². The van der Waals surface area contributed by atoms with Crippen LogP contribution in [0.25, 0.3) is 0 Å². The molecule has 0 aromatic carbocycles. The molecule has 0 atom stereocenters. The average Bonchev–Trinajstić information content (AvgIpc) is 2.39. The van der Waals surface area contributed by atoms with Crippen molar-refractivity contribution >= 4 is 6.03 Å². The number of hydrogen-bond donors (Lipinski definition) is 2. The summed E-state index contributed by atoms with van der Waals surface area (Å²) in [4.78, 5) is 10.2. The van der Waals surface area contributed by atoms with E-state index in [2.05, 4.69) is 10.6 Å². The second-order valence-corrected chi connectivity index (χ2v) is 1.11. The molecule has 0 aliphatic rings. The molecule has 0 fully saturated rings. The zero-order valence-corrected chi connectivity index (χ0v) is 19.4. The number of carbonyl (C=O) groups is 1. The van der Waals surface area contributed by atoms with Crippen LogP contribution in [0.2, 0.25) is 0 Å². The minimum Gasteiger partial charge on any atom is -0.358 e. The summed E-state index contributed by atoms with van der Waals surface area (Å²) in [6, 6.07) is -0.123. The van der Waals surface area contributed by atoms with E-state index >= 15 is 0 Å². The molecule has 5 heteroatoms. The van der Waals surface area contributed by atoms with Crippen molar-refractivity contribution in [3.8, 4) is 0 Å². The molecule has 1 radical (unpaired) electrons. The quantitative estimate of drug-likeness (QED) is 0.489. The molecule has 2 amide bonds. The second kappa shape index (κ2) is 105. The fraction of sp³-hybridized carbons (Fsp3) is 0.846. The fourth-order valence-corrected chi connectivity index (χ4v) is 0.249. The molecule has 0 rings (SSSR count). The Bertz CT molecular complexity index is 83.7. The number of rotatable bonds is 1. The van der Waals surface area contributed by atoms with Crippen molar-refractivity contribution in [2.75, 3.05) is 13.6 Å². The predicted molar refractivity (Wildman–Crippen MR) is 82.1 cm³/mol. The molecule has 0 aliphatic carbocycles. The summed E-state index contributed by atoms with van der Waals surface area (Å²) in [6.45, 7) is 14.6. The van der Waals surface area contributed by atoms with Crippen LogP contribution in [0.15, 0.2) is 0 Å². The molecule has 0 bridgehead atoms. The van der Waals surface area contributed by atoms with Gasteiger partial charge in [0.05, 0.1) is 0 Å². The Labute approximate surface area is 160 Å². The Morgan fingerprint density at radius 2 is 1.28 bits per heavy atom. The summed E-state index contributed by atoms with van der Waals surface area (Å²) >= 11 is 0. The molecule has 0 unspecified atom stereocenters. The van der Waals surface area contributed by atoms with Crippen LogP contribution in [-0.2, 0) is 53.8 Å². The minimum atomic E-state index is -0.123. The van der Waals surface area contributed by atoms with Gasteiger partial charge in [-0.15, -0.1) is 0 Å². The molecule has 3 nitrogen and oxygen atoms in total. The third-order valence-electron chi connectivity index (χ3n) is 0.564. The first-order valence-electron chi connectivity index (χ1n) is 6.26. The molecule has 2 N–H and O–H groups in total. The van der Waals surface area contributed by atoms with Gasteiger partial charge in [-0.1, -0.05) is 56.4 Å². The third kappa shape index (κ3) is 120. The minimum absolute atomic E-state index is 0. The maximum Gasteiger partial charge on any atom is 0.314 e. The van der Waals surface area contributed by atoms with Crippen LogP contribution in [0.1, 0.15) is 64.7 Å². The van der Waals surface area contributed by atoms with Gasteiger partial charge in [0, 0.05) is 68.7 Å². The van der Waals surface area contributed by atoms with Gasteiger partial charge < -0.3 is 18.1 Å². The molecular formula is C13H39N2OWY-.